The van der Waals surface area contributed by atoms with Gasteiger partial charge in [-0.3, -0.25) is 9.59 Å². The average Bonchev–Trinajstić information content (AvgIpc) is 0.826. The maximum Gasteiger partial charge on any atom is 0.247 e. The zero-order valence-corrected chi connectivity index (χ0v) is 68.6. The summed E-state index contributed by atoms with van der Waals surface area (Å²) < 4.78 is 40.3. The van der Waals surface area contributed by atoms with Crippen LogP contribution in [0.25, 0.3) is 6.08 Å². The lowest BCUT2D eigenvalue weighted by atomic mass is 10.0. The second-order valence-electron chi connectivity index (χ2n) is 30.9. The van der Waals surface area contributed by atoms with Gasteiger partial charge in [-0.05, 0) is 68.2 Å². The number of nitrogens with one attached hydrogen (secondary N) is 2. The zero-order chi connectivity index (χ0) is 73.5. The number of unbranched alkanes of at least 4 members (excludes halogenated alkanes) is 54. The van der Waals surface area contributed by atoms with Crippen LogP contribution in [0, 0.1) is 5.92 Å². The highest BCUT2D eigenvalue weighted by atomic mass is 16.5. The number of amides is 2. The third-order valence-corrected chi connectivity index (χ3v) is 20.5. The van der Waals surface area contributed by atoms with E-state index >= 15 is 0 Å². The van der Waals surface area contributed by atoms with Crippen LogP contribution >= 0.6 is 0 Å². The van der Waals surface area contributed by atoms with Crippen LogP contribution < -0.4 is 39.1 Å². The Labute approximate surface area is 631 Å². The van der Waals surface area contributed by atoms with E-state index in [1.165, 1.54) is 308 Å². The molecule has 10 heteroatoms. The van der Waals surface area contributed by atoms with Crippen molar-refractivity contribution >= 4 is 23.6 Å². The Morgan fingerprint density at radius 3 is 0.725 bits per heavy atom. The van der Waals surface area contributed by atoms with E-state index in [-0.39, 0.29) is 17.7 Å². The molecule has 0 aromatic heterocycles. The lowest BCUT2D eigenvalue weighted by Crippen LogP contribution is -2.46. The minimum absolute atomic E-state index is 0.214. The molecule has 2 amide bonds. The fourth-order valence-electron chi connectivity index (χ4n) is 13.8. The Morgan fingerprint density at radius 2 is 0.500 bits per heavy atom. The van der Waals surface area contributed by atoms with Gasteiger partial charge in [-0.25, -0.2) is 0 Å². The van der Waals surface area contributed by atoms with Gasteiger partial charge in [-0.15, -0.1) is 0 Å². The molecule has 10 nitrogen and oxygen atoms in total. The summed E-state index contributed by atoms with van der Waals surface area (Å²) in [6.45, 7) is 21.1. The van der Waals surface area contributed by atoms with E-state index in [0.717, 1.165) is 82.6 Å². The highest BCUT2D eigenvalue weighted by Gasteiger charge is 2.26. The number of rotatable bonds is 78. The van der Waals surface area contributed by atoms with Crippen LogP contribution in [0.15, 0.2) is 30.3 Å². The summed E-state index contributed by atoms with van der Waals surface area (Å²) in [5.41, 5.74) is 1.34. The first kappa shape index (κ1) is 94.0. The average molecular weight is 1430 g/mol. The molecule has 0 radical (unpaired) electrons. The zero-order valence-electron chi connectivity index (χ0n) is 68.6. The van der Waals surface area contributed by atoms with E-state index in [2.05, 4.69) is 52.2 Å². The van der Waals surface area contributed by atoms with Gasteiger partial charge in [0.2, 0.25) is 23.3 Å². The Morgan fingerprint density at radius 1 is 0.294 bits per heavy atom. The van der Waals surface area contributed by atoms with Crippen LogP contribution in [0.5, 0.6) is 34.5 Å². The third kappa shape index (κ3) is 53.6. The molecule has 0 bridgehead atoms. The smallest absolute Gasteiger partial charge is 0.247 e. The standard InChI is InChI=1S/C92H166N2O8/c1-9-15-21-27-33-39-45-51-57-63-71-97-84-77-82(78-85(98-72-64-58-52-46-40-34-28-22-16-10-2)90(84)101-75-67-61-55-49-43-37-31-25-19-13-5)69-70-88(95)94-89(81(7)8)92(96)93-83-79-86(99-73-65-59-53-47-41-35-29-23-17-11-3)91(102-76-68-62-56-50-44-38-32-26-20-14-6)87(80-83)100-74-66-60-54-48-42-36-30-24-18-12-4/h69-70,77-81,89H,9-68,71-76H2,1-8H3,(H,93,96)(H,94,95)/b70-69+/t89-/m0/s1. The van der Waals surface area contributed by atoms with Gasteiger partial charge in [0.05, 0.1) is 39.6 Å². The van der Waals surface area contributed by atoms with Gasteiger partial charge in [0.15, 0.2) is 23.0 Å². The summed E-state index contributed by atoms with van der Waals surface area (Å²) in [7, 11) is 0. The molecule has 0 fully saturated rings. The van der Waals surface area contributed by atoms with E-state index < -0.39 is 6.04 Å². The van der Waals surface area contributed by atoms with Gasteiger partial charge < -0.3 is 39.1 Å². The Kier molecular flexibility index (Phi) is 65.6. The predicted molar refractivity (Wildman–Crippen MR) is 441 cm³/mol. The largest absolute Gasteiger partial charge is 0.490 e. The Bertz CT molecular complexity index is 2120. The van der Waals surface area contributed by atoms with Crippen LogP contribution in [0.2, 0.25) is 0 Å². The van der Waals surface area contributed by atoms with Crippen molar-refractivity contribution < 1.29 is 38.0 Å². The maximum atomic E-state index is 14.7. The summed E-state index contributed by atoms with van der Waals surface area (Å²) in [6, 6.07) is 7.00. The molecule has 2 N–H and O–H groups in total. The second kappa shape index (κ2) is 71.2. The first-order chi connectivity index (χ1) is 50.2. The number of ether oxygens (including phenoxy) is 6. The van der Waals surface area contributed by atoms with Gasteiger partial charge in [-0.2, -0.15) is 0 Å². The fraction of sp³-hybridized carbons (Fsp3) is 0.826. The summed E-state index contributed by atoms with van der Waals surface area (Å²) in [5, 5.41) is 6.33. The summed E-state index contributed by atoms with van der Waals surface area (Å²) in [5.74, 6) is 2.91. The molecule has 1 atom stereocenters. The number of benzene rings is 2. The van der Waals surface area contributed by atoms with Crippen molar-refractivity contribution in [3.63, 3.8) is 0 Å². The first-order valence-corrected chi connectivity index (χ1v) is 44.6. The number of carbonyl (C=O) groups excluding carboxylic acids is 2. The highest BCUT2D eigenvalue weighted by Crippen LogP contribution is 2.43. The summed E-state index contributed by atoms with van der Waals surface area (Å²) in [6.07, 6.45) is 78.4. The molecule has 102 heavy (non-hydrogen) atoms. The number of anilines is 1. The molecular formula is C92H166N2O8. The molecule has 0 saturated carbocycles. The molecule has 0 unspecified atom stereocenters. The molecule has 2 aromatic rings. The third-order valence-electron chi connectivity index (χ3n) is 20.5. The van der Waals surface area contributed by atoms with Crippen LogP contribution in [-0.2, 0) is 9.59 Å². The van der Waals surface area contributed by atoms with Crippen molar-refractivity contribution in [2.75, 3.05) is 45.0 Å². The lowest BCUT2D eigenvalue weighted by molar-refractivity contribution is -0.124. The van der Waals surface area contributed by atoms with E-state index in [1.54, 1.807) is 6.08 Å². The Balaban J connectivity index is 2.47. The molecule has 0 aliphatic heterocycles. The molecule has 0 aliphatic carbocycles. The number of carbonyl (C=O) groups is 2. The van der Waals surface area contributed by atoms with Gasteiger partial charge in [0.1, 0.15) is 6.04 Å². The van der Waals surface area contributed by atoms with Crippen molar-refractivity contribution in [3.8, 4) is 34.5 Å². The summed E-state index contributed by atoms with van der Waals surface area (Å²) in [4.78, 5) is 29.0. The number of hydrogen-bond acceptors (Lipinski definition) is 8. The van der Waals surface area contributed by atoms with E-state index in [4.69, 9.17) is 28.4 Å². The van der Waals surface area contributed by atoms with Crippen LogP contribution in [0.1, 0.15) is 446 Å². The molecule has 2 aromatic carbocycles. The minimum atomic E-state index is -0.831. The quantitative estimate of drug-likeness (QED) is 0.0497. The van der Waals surface area contributed by atoms with E-state index in [1.807, 2.05) is 44.2 Å². The van der Waals surface area contributed by atoms with Gasteiger partial charge in [-0.1, -0.05) is 402 Å². The highest BCUT2D eigenvalue weighted by molar-refractivity contribution is 6.00. The van der Waals surface area contributed by atoms with Crippen LogP contribution in [0.3, 0.4) is 0 Å². The maximum absolute atomic E-state index is 14.7. The summed E-state index contributed by atoms with van der Waals surface area (Å²) >= 11 is 0. The van der Waals surface area contributed by atoms with E-state index in [9.17, 15) is 9.59 Å². The van der Waals surface area contributed by atoms with Gasteiger partial charge in [0, 0.05) is 23.9 Å². The van der Waals surface area contributed by atoms with Gasteiger partial charge >= 0.3 is 0 Å². The molecular weight excluding hydrogens is 1260 g/mol. The van der Waals surface area contributed by atoms with Crippen LogP contribution in [-0.4, -0.2) is 57.5 Å². The molecule has 0 spiro atoms. The van der Waals surface area contributed by atoms with Crippen molar-refractivity contribution in [3.05, 3.63) is 35.9 Å². The predicted octanol–water partition coefficient (Wildman–Crippen LogP) is 29.3. The topological polar surface area (TPSA) is 114 Å². The SMILES string of the molecule is CCCCCCCCCCCCOc1cc(/C=C/C(=O)N[C@H](C(=O)Nc2cc(OCCCCCCCCCCCC)c(OCCCCCCCCCCCC)c(OCCCCCCCCCCCC)c2)C(C)C)cc(OCCCCCCCCCCCC)c1OCCCCCCCCCCCC. The normalized spacial score (nSPS) is 11.9. The molecule has 0 heterocycles. The first-order valence-electron chi connectivity index (χ1n) is 44.6. The minimum Gasteiger partial charge on any atom is -0.490 e. The van der Waals surface area contributed by atoms with Crippen molar-refractivity contribution in [1.82, 2.24) is 5.32 Å². The monoisotopic (exact) mass is 1430 g/mol. The molecule has 0 saturated heterocycles. The van der Waals surface area contributed by atoms with Crippen molar-refractivity contribution in [1.29, 1.82) is 0 Å². The second-order valence-corrected chi connectivity index (χ2v) is 30.9. The lowest BCUT2D eigenvalue weighted by Gasteiger charge is -2.23. The van der Waals surface area contributed by atoms with Gasteiger partial charge in [0.25, 0.3) is 0 Å². The number of hydrogen-bond donors (Lipinski definition) is 2. The molecule has 2 rings (SSSR count). The van der Waals surface area contributed by atoms with Crippen LogP contribution in [0.4, 0.5) is 5.69 Å². The van der Waals surface area contributed by atoms with E-state index in [0.29, 0.717) is 79.8 Å². The molecule has 592 valence electrons. The van der Waals surface area contributed by atoms with Crippen molar-refractivity contribution in [2.45, 2.75) is 447 Å². The molecule has 0 aliphatic rings. The fourth-order valence-corrected chi connectivity index (χ4v) is 13.8. The Hall–Kier alpha value is -4.08. The van der Waals surface area contributed by atoms with Crippen molar-refractivity contribution in [2.24, 2.45) is 5.92 Å².